The number of carbonyl (C=O) groups is 3. The summed E-state index contributed by atoms with van der Waals surface area (Å²) in [5.41, 5.74) is 8.83. The second-order valence-corrected chi connectivity index (χ2v) is 11.2. The number of nitrogens with two attached hydrogens (primary N) is 1. The average molecular weight is 589 g/mol. The van der Waals surface area contributed by atoms with Crippen molar-refractivity contribution in [3.63, 3.8) is 0 Å². The molecule has 0 unspecified atom stereocenters. The standard InChI is InChI=1S/C34H41FN4O4/c1-4-28-11-8-16-39(28)34(42)25-19-24(20-29(21-25)43-3)33(41)38-31(18-23-9-6-5-7-10-23)30(36)17-22(2)32(40)37-27-14-12-26(35)13-15-27/h5-7,9-10,12-15,19-22,28,30-31H,4,8,11,16-18,36H2,1-3H3,(H,37,40)(H,38,41)/t22-,28+,30+,31+/m1/s1. The summed E-state index contributed by atoms with van der Waals surface area (Å²) < 4.78 is 18.7. The van der Waals surface area contributed by atoms with Crippen LogP contribution in [0.2, 0.25) is 0 Å². The lowest BCUT2D eigenvalue weighted by molar-refractivity contribution is -0.119. The lowest BCUT2D eigenvalue weighted by Crippen LogP contribution is -2.50. The van der Waals surface area contributed by atoms with Crippen LogP contribution in [-0.4, -0.2) is 54.4 Å². The van der Waals surface area contributed by atoms with Crippen molar-refractivity contribution in [2.45, 2.75) is 64.1 Å². The molecule has 3 aromatic carbocycles. The number of nitrogens with one attached hydrogen (secondary N) is 2. The van der Waals surface area contributed by atoms with Gasteiger partial charge in [-0.05, 0) is 80.1 Å². The van der Waals surface area contributed by atoms with Gasteiger partial charge in [0.2, 0.25) is 5.91 Å². The van der Waals surface area contributed by atoms with E-state index in [-0.39, 0.29) is 29.6 Å². The molecule has 0 aliphatic carbocycles. The fourth-order valence-electron chi connectivity index (χ4n) is 5.57. The maximum atomic E-state index is 13.7. The minimum Gasteiger partial charge on any atom is -0.497 e. The van der Waals surface area contributed by atoms with Crippen LogP contribution in [-0.2, 0) is 11.2 Å². The number of rotatable bonds is 12. The van der Waals surface area contributed by atoms with Gasteiger partial charge in [-0.15, -0.1) is 0 Å². The number of nitrogens with zero attached hydrogens (tertiary/aromatic N) is 1. The summed E-state index contributed by atoms with van der Waals surface area (Å²) in [6, 6.07) is 19.2. The topological polar surface area (TPSA) is 114 Å². The van der Waals surface area contributed by atoms with Crippen molar-refractivity contribution in [1.29, 1.82) is 0 Å². The van der Waals surface area contributed by atoms with Gasteiger partial charge in [0.05, 0.1) is 7.11 Å². The summed E-state index contributed by atoms with van der Waals surface area (Å²) in [7, 11) is 1.50. The average Bonchev–Trinajstić information content (AvgIpc) is 3.50. The molecule has 4 N–H and O–H groups in total. The zero-order valence-corrected chi connectivity index (χ0v) is 25.0. The minimum absolute atomic E-state index is 0.115. The van der Waals surface area contributed by atoms with Crippen molar-refractivity contribution in [2.75, 3.05) is 19.0 Å². The molecule has 0 radical (unpaired) electrons. The second kappa shape index (κ2) is 14.8. The van der Waals surface area contributed by atoms with E-state index in [9.17, 15) is 18.8 Å². The molecule has 8 nitrogen and oxygen atoms in total. The van der Waals surface area contributed by atoms with Crippen LogP contribution in [0.5, 0.6) is 5.75 Å². The minimum atomic E-state index is -0.570. The summed E-state index contributed by atoms with van der Waals surface area (Å²) in [6.45, 7) is 4.53. The van der Waals surface area contributed by atoms with Crippen LogP contribution in [0.3, 0.4) is 0 Å². The van der Waals surface area contributed by atoms with Crippen molar-refractivity contribution in [2.24, 2.45) is 11.7 Å². The predicted octanol–water partition coefficient (Wildman–Crippen LogP) is 5.18. The first-order chi connectivity index (χ1) is 20.7. The Bertz CT molecular complexity index is 1400. The summed E-state index contributed by atoms with van der Waals surface area (Å²) in [5, 5.41) is 5.86. The summed E-state index contributed by atoms with van der Waals surface area (Å²) in [6.07, 6.45) is 3.55. The van der Waals surface area contributed by atoms with Crippen LogP contribution in [0, 0.1) is 11.7 Å². The van der Waals surface area contributed by atoms with Crippen molar-refractivity contribution < 1.29 is 23.5 Å². The monoisotopic (exact) mass is 588 g/mol. The number of halogens is 1. The third kappa shape index (κ3) is 8.41. The Hall–Kier alpha value is -4.24. The smallest absolute Gasteiger partial charge is 0.254 e. The van der Waals surface area contributed by atoms with Crippen LogP contribution in [0.15, 0.2) is 72.8 Å². The molecule has 1 aliphatic heterocycles. The Balaban J connectivity index is 1.51. The van der Waals surface area contributed by atoms with Gasteiger partial charge in [-0.2, -0.15) is 0 Å². The molecule has 0 bridgehead atoms. The fourth-order valence-corrected chi connectivity index (χ4v) is 5.57. The first-order valence-corrected chi connectivity index (χ1v) is 14.8. The number of hydrogen-bond acceptors (Lipinski definition) is 5. The molecule has 9 heteroatoms. The number of methoxy groups -OCH3 is 1. The van der Waals surface area contributed by atoms with E-state index >= 15 is 0 Å². The lowest BCUT2D eigenvalue weighted by Gasteiger charge is -2.28. The molecule has 3 amide bonds. The molecule has 0 saturated carbocycles. The van der Waals surface area contributed by atoms with Gasteiger partial charge in [0.1, 0.15) is 11.6 Å². The first kappa shape index (κ1) is 31.7. The van der Waals surface area contributed by atoms with Gasteiger partial charge in [-0.3, -0.25) is 14.4 Å². The molecule has 1 heterocycles. The lowest BCUT2D eigenvalue weighted by atomic mass is 9.91. The van der Waals surface area contributed by atoms with E-state index in [1.807, 2.05) is 35.2 Å². The maximum absolute atomic E-state index is 13.7. The van der Waals surface area contributed by atoms with Crippen LogP contribution >= 0.6 is 0 Å². The van der Waals surface area contributed by atoms with Crippen LogP contribution in [0.4, 0.5) is 10.1 Å². The maximum Gasteiger partial charge on any atom is 0.254 e. The normalized spacial score (nSPS) is 16.7. The quantitative estimate of drug-likeness (QED) is 0.270. The van der Waals surface area contributed by atoms with E-state index in [4.69, 9.17) is 10.5 Å². The third-order valence-corrected chi connectivity index (χ3v) is 8.08. The van der Waals surface area contributed by atoms with Gasteiger partial charge in [-0.25, -0.2) is 4.39 Å². The Morgan fingerprint density at radius 3 is 2.42 bits per heavy atom. The Morgan fingerprint density at radius 2 is 1.74 bits per heavy atom. The number of benzene rings is 3. The first-order valence-electron chi connectivity index (χ1n) is 14.8. The Kier molecular flexibility index (Phi) is 10.9. The van der Waals surface area contributed by atoms with Crippen molar-refractivity contribution in [3.05, 3.63) is 95.3 Å². The molecule has 4 atom stereocenters. The number of anilines is 1. The van der Waals surface area contributed by atoms with Crippen LogP contribution < -0.4 is 21.1 Å². The number of amides is 3. The van der Waals surface area contributed by atoms with E-state index in [1.165, 1.54) is 31.4 Å². The summed E-state index contributed by atoms with van der Waals surface area (Å²) in [5.74, 6) is -1.21. The largest absolute Gasteiger partial charge is 0.497 e. The molecule has 1 fully saturated rings. The van der Waals surface area contributed by atoms with Gasteiger partial charge < -0.3 is 26.0 Å². The third-order valence-electron chi connectivity index (χ3n) is 8.08. The molecule has 1 aliphatic rings. The molecule has 3 aromatic rings. The molecule has 1 saturated heterocycles. The highest BCUT2D eigenvalue weighted by Crippen LogP contribution is 2.25. The highest BCUT2D eigenvalue weighted by molar-refractivity contribution is 6.00. The SMILES string of the molecule is CC[C@H]1CCCN1C(=O)c1cc(OC)cc(C(=O)N[C@@H](Cc2ccccc2)[C@@H](N)C[C@@H](C)C(=O)Nc2ccc(F)cc2)c1. The predicted molar refractivity (Wildman–Crippen MR) is 166 cm³/mol. The van der Waals surface area contributed by atoms with Crippen molar-refractivity contribution in [1.82, 2.24) is 10.2 Å². The van der Waals surface area contributed by atoms with Crippen LogP contribution in [0.1, 0.15) is 65.8 Å². The highest BCUT2D eigenvalue weighted by atomic mass is 19.1. The molecule has 0 spiro atoms. The zero-order valence-electron chi connectivity index (χ0n) is 25.0. The Morgan fingerprint density at radius 1 is 1.05 bits per heavy atom. The van der Waals surface area contributed by atoms with E-state index in [0.29, 0.717) is 42.0 Å². The van der Waals surface area contributed by atoms with E-state index in [2.05, 4.69) is 17.6 Å². The number of ether oxygens (including phenoxy) is 1. The van der Waals surface area contributed by atoms with Gasteiger partial charge in [0, 0.05) is 47.4 Å². The molecule has 43 heavy (non-hydrogen) atoms. The molecular formula is C34H41FN4O4. The molecule has 228 valence electrons. The molecule has 4 rings (SSSR count). The zero-order chi connectivity index (χ0) is 30.9. The van der Waals surface area contributed by atoms with E-state index < -0.39 is 18.0 Å². The van der Waals surface area contributed by atoms with Crippen LogP contribution in [0.25, 0.3) is 0 Å². The summed E-state index contributed by atoms with van der Waals surface area (Å²) >= 11 is 0. The number of likely N-dealkylation sites (tertiary alicyclic amines) is 1. The van der Waals surface area contributed by atoms with Gasteiger partial charge >= 0.3 is 0 Å². The second-order valence-electron chi connectivity index (χ2n) is 11.2. The number of hydrogen-bond donors (Lipinski definition) is 3. The van der Waals surface area contributed by atoms with Crippen molar-refractivity contribution >= 4 is 23.4 Å². The van der Waals surface area contributed by atoms with Gasteiger partial charge in [0.15, 0.2) is 0 Å². The summed E-state index contributed by atoms with van der Waals surface area (Å²) in [4.78, 5) is 41.9. The van der Waals surface area contributed by atoms with Crippen molar-refractivity contribution in [3.8, 4) is 5.75 Å². The Labute approximate surface area is 252 Å². The van der Waals surface area contributed by atoms with E-state index in [0.717, 1.165) is 24.8 Å². The van der Waals surface area contributed by atoms with Gasteiger partial charge in [0.25, 0.3) is 11.8 Å². The molecular weight excluding hydrogens is 547 g/mol. The highest BCUT2D eigenvalue weighted by Gasteiger charge is 2.30. The number of carbonyl (C=O) groups excluding carboxylic acids is 3. The van der Waals surface area contributed by atoms with Gasteiger partial charge in [-0.1, -0.05) is 44.2 Å². The fraction of sp³-hybridized carbons (Fsp3) is 0.382. The van der Waals surface area contributed by atoms with E-state index in [1.54, 1.807) is 25.1 Å². The molecule has 0 aromatic heterocycles.